The first-order valence-corrected chi connectivity index (χ1v) is 7.31. The highest BCUT2D eigenvalue weighted by atomic mass is 16.5. The fourth-order valence-corrected chi connectivity index (χ4v) is 3.24. The minimum atomic E-state index is 0.494. The number of hydrogen-bond acceptors (Lipinski definition) is 2. The van der Waals surface area contributed by atoms with Crippen molar-refractivity contribution < 1.29 is 4.74 Å². The van der Waals surface area contributed by atoms with Crippen molar-refractivity contribution >= 4 is 0 Å². The van der Waals surface area contributed by atoms with Crippen molar-refractivity contribution in [2.75, 3.05) is 26.2 Å². The van der Waals surface area contributed by atoms with Gasteiger partial charge in [-0.05, 0) is 43.7 Å². The lowest BCUT2D eigenvalue weighted by Crippen LogP contribution is -2.34. The Bertz CT molecular complexity index is 359. The van der Waals surface area contributed by atoms with Gasteiger partial charge in [-0.3, -0.25) is 0 Å². The highest BCUT2D eigenvalue weighted by Gasteiger charge is 2.26. The van der Waals surface area contributed by atoms with E-state index in [4.69, 9.17) is 4.74 Å². The number of nitrogens with zero attached hydrogens (tertiary/aromatic N) is 1. The Kier molecular flexibility index (Phi) is 3.96. The van der Waals surface area contributed by atoms with E-state index in [1.807, 2.05) is 0 Å². The molecule has 0 amide bonds. The molecular formula is C16H23NO. The predicted octanol–water partition coefficient (Wildman–Crippen LogP) is 3.05. The summed E-state index contributed by atoms with van der Waals surface area (Å²) in [6.45, 7) is 4.56. The molecule has 0 radical (unpaired) electrons. The molecule has 2 aliphatic rings. The molecule has 1 aromatic rings. The minimum absolute atomic E-state index is 0.494. The fraction of sp³-hybridized carbons (Fsp3) is 0.625. The van der Waals surface area contributed by atoms with Gasteiger partial charge in [-0.25, -0.2) is 0 Å². The van der Waals surface area contributed by atoms with Crippen LogP contribution in [0.4, 0.5) is 0 Å². The molecule has 0 N–H and O–H groups in total. The molecule has 2 heteroatoms. The zero-order valence-corrected chi connectivity index (χ0v) is 11.1. The molecular weight excluding hydrogens is 222 g/mol. The Morgan fingerprint density at radius 3 is 2.78 bits per heavy atom. The van der Waals surface area contributed by atoms with Crippen LogP contribution in [-0.4, -0.2) is 37.2 Å². The Morgan fingerprint density at radius 1 is 1.11 bits per heavy atom. The van der Waals surface area contributed by atoms with Gasteiger partial charge < -0.3 is 9.64 Å². The normalized spacial score (nSPS) is 29.6. The van der Waals surface area contributed by atoms with E-state index < -0.39 is 0 Å². The standard InChI is InChI=1S/C16H23NO/c1-2-6-14(7-3-1)15-9-10-17(12-15)13-16-8-4-5-11-18-16/h1-3,6-7,15-16H,4-5,8-13H2/t15-,16+/m1/s1. The van der Waals surface area contributed by atoms with Crippen LogP contribution in [0.15, 0.2) is 30.3 Å². The maximum absolute atomic E-state index is 5.84. The van der Waals surface area contributed by atoms with Crippen molar-refractivity contribution in [3.63, 3.8) is 0 Å². The van der Waals surface area contributed by atoms with Crippen molar-refractivity contribution in [2.45, 2.75) is 37.7 Å². The lowest BCUT2D eigenvalue weighted by molar-refractivity contribution is -0.00201. The Labute approximate surface area is 110 Å². The summed E-state index contributed by atoms with van der Waals surface area (Å²) in [6, 6.07) is 11.0. The molecule has 2 nitrogen and oxygen atoms in total. The van der Waals surface area contributed by atoms with Gasteiger partial charge >= 0.3 is 0 Å². The summed E-state index contributed by atoms with van der Waals surface area (Å²) in [4.78, 5) is 2.59. The summed E-state index contributed by atoms with van der Waals surface area (Å²) in [5.41, 5.74) is 1.50. The van der Waals surface area contributed by atoms with Gasteiger partial charge in [0.1, 0.15) is 0 Å². The number of rotatable bonds is 3. The summed E-state index contributed by atoms with van der Waals surface area (Å²) in [5, 5.41) is 0. The molecule has 2 aliphatic heterocycles. The molecule has 18 heavy (non-hydrogen) atoms. The van der Waals surface area contributed by atoms with Crippen LogP contribution < -0.4 is 0 Å². The van der Waals surface area contributed by atoms with Gasteiger partial charge in [0.2, 0.25) is 0 Å². The summed E-state index contributed by atoms with van der Waals surface area (Å²) < 4.78 is 5.84. The van der Waals surface area contributed by atoms with E-state index in [1.165, 1.54) is 44.3 Å². The van der Waals surface area contributed by atoms with E-state index in [9.17, 15) is 0 Å². The van der Waals surface area contributed by atoms with Gasteiger partial charge in [-0.15, -0.1) is 0 Å². The zero-order chi connectivity index (χ0) is 12.2. The van der Waals surface area contributed by atoms with E-state index >= 15 is 0 Å². The highest BCUT2D eigenvalue weighted by molar-refractivity contribution is 5.21. The van der Waals surface area contributed by atoms with E-state index in [0.29, 0.717) is 6.10 Å². The largest absolute Gasteiger partial charge is 0.377 e. The molecule has 0 saturated carbocycles. The molecule has 0 aliphatic carbocycles. The second-order valence-electron chi connectivity index (χ2n) is 5.64. The fourth-order valence-electron chi connectivity index (χ4n) is 3.24. The third-order valence-corrected chi connectivity index (χ3v) is 4.28. The second kappa shape index (κ2) is 5.85. The monoisotopic (exact) mass is 245 g/mol. The van der Waals surface area contributed by atoms with Crippen LogP contribution >= 0.6 is 0 Å². The molecule has 2 atom stereocenters. The van der Waals surface area contributed by atoms with Crippen LogP contribution in [0.2, 0.25) is 0 Å². The van der Waals surface area contributed by atoms with Gasteiger partial charge in [0.25, 0.3) is 0 Å². The van der Waals surface area contributed by atoms with E-state index in [-0.39, 0.29) is 0 Å². The molecule has 0 bridgehead atoms. The zero-order valence-electron chi connectivity index (χ0n) is 11.1. The third kappa shape index (κ3) is 2.93. The molecule has 0 aromatic heterocycles. The maximum atomic E-state index is 5.84. The van der Waals surface area contributed by atoms with Crippen molar-refractivity contribution in [3.05, 3.63) is 35.9 Å². The predicted molar refractivity (Wildman–Crippen MR) is 73.8 cm³/mol. The third-order valence-electron chi connectivity index (χ3n) is 4.28. The summed E-state index contributed by atoms with van der Waals surface area (Å²) in [5.74, 6) is 0.731. The van der Waals surface area contributed by atoms with Crippen molar-refractivity contribution in [1.29, 1.82) is 0 Å². The lowest BCUT2D eigenvalue weighted by Gasteiger charge is -2.27. The smallest absolute Gasteiger partial charge is 0.0702 e. The van der Waals surface area contributed by atoms with Crippen LogP contribution in [0.3, 0.4) is 0 Å². The second-order valence-corrected chi connectivity index (χ2v) is 5.64. The summed E-state index contributed by atoms with van der Waals surface area (Å²) in [6.07, 6.45) is 5.65. The van der Waals surface area contributed by atoms with E-state index in [0.717, 1.165) is 19.1 Å². The Hall–Kier alpha value is -0.860. The topological polar surface area (TPSA) is 12.5 Å². The summed E-state index contributed by atoms with van der Waals surface area (Å²) in [7, 11) is 0. The van der Waals surface area contributed by atoms with Gasteiger partial charge in [0.15, 0.2) is 0 Å². The number of likely N-dealkylation sites (tertiary alicyclic amines) is 1. The van der Waals surface area contributed by atoms with Crippen molar-refractivity contribution in [2.24, 2.45) is 0 Å². The first-order chi connectivity index (χ1) is 8.92. The quantitative estimate of drug-likeness (QED) is 0.811. The first kappa shape index (κ1) is 12.2. The number of hydrogen-bond donors (Lipinski definition) is 0. The molecule has 98 valence electrons. The van der Waals surface area contributed by atoms with Gasteiger partial charge in [0.05, 0.1) is 6.10 Å². The average Bonchev–Trinajstić information content (AvgIpc) is 2.89. The molecule has 2 saturated heterocycles. The van der Waals surface area contributed by atoms with Crippen LogP contribution in [-0.2, 0) is 4.74 Å². The first-order valence-electron chi connectivity index (χ1n) is 7.31. The van der Waals surface area contributed by atoms with Gasteiger partial charge in [-0.2, -0.15) is 0 Å². The minimum Gasteiger partial charge on any atom is -0.377 e. The maximum Gasteiger partial charge on any atom is 0.0702 e. The lowest BCUT2D eigenvalue weighted by atomic mass is 9.99. The molecule has 1 aromatic carbocycles. The average molecular weight is 245 g/mol. The Balaban J connectivity index is 1.52. The molecule has 0 unspecified atom stereocenters. The van der Waals surface area contributed by atoms with E-state index in [1.54, 1.807) is 0 Å². The highest BCUT2D eigenvalue weighted by Crippen LogP contribution is 2.27. The van der Waals surface area contributed by atoms with Crippen LogP contribution in [0.1, 0.15) is 37.2 Å². The van der Waals surface area contributed by atoms with Gasteiger partial charge in [0, 0.05) is 19.7 Å². The molecule has 2 fully saturated rings. The molecule has 2 heterocycles. The van der Waals surface area contributed by atoms with Crippen molar-refractivity contribution in [1.82, 2.24) is 4.90 Å². The molecule has 0 spiro atoms. The molecule has 3 rings (SSSR count). The van der Waals surface area contributed by atoms with Crippen LogP contribution in [0, 0.1) is 0 Å². The van der Waals surface area contributed by atoms with Gasteiger partial charge in [-0.1, -0.05) is 30.3 Å². The van der Waals surface area contributed by atoms with Crippen LogP contribution in [0.5, 0.6) is 0 Å². The number of ether oxygens (including phenoxy) is 1. The van der Waals surface area contributed by atoms with E-state index in [2.05, 4.69) is 35.2 Å². The Morgan fingerprint density at radius 2 is 2.00 bits per heavy atom. The SMILES string of the molecule is c1ccc([C@@H]2CCN(C[C@@H]3CCCCO3)C2)cc1. The number of benzene rings is 1. The van der Waals surface area contributed by atoms with Crippen molar-refractivity contribution in [3.8, 4) is 0 Å². The summed E-state index contributed by atoms with van der Waals surface area (Å²) >= 11 is 0. The van der Waals surface area contributed by atoms with Crippen LogP contribution in [0.25, 0.3) is 0 Å².